The Morgan fingerprint density at radius 3 is 2.54 bits per heavy atom. The second-order valence-corrected chi connectivity index (χ2v) is 3.27. The summed E-state index contributed by atoms with van der Waals surface area (Å²) in [4.78, 5) is 11.2. The zero-order valence-electron chi connectivity index (χ0n) is 6.77. The number of rotatable bonds is 3. The van der Waals surface area contributed by atoms with E-state index in [1.807, 2.05) is 0 Å². The third-order valence-corrected chi connectivity index (χ3v) is 1.78. The van der Waals surface area contributed by atoms with Crippen LogP contribution in [-0.2, 0) is 11.1 Å². The maximum absolute atomic E-state index is 11.2. The highest BCUT2D eigenvalue weighted by atomic mass is 32.2. The van der Waals surface area contributed by atoms with Crippen LogP contribution in [-0.4, -0.2) is 20.5 Å². The molecule has 1 amide bonds. The molecule has 0 bridgehead atoms. The lowest BCUT2D eigenvalue weighted by atomic mass is 10.2. The van der Waals surface area contributed by atoms with Crippen molar-refractivity contribution in [2.75, 3.05) is 5.88 Å². The first-order valence-corrected chi connectivity index (χ1v) is 4.88. The minimum Gasteiger partial charge on any atom is -0.338 e. The van der Waals surface area contributed by atoms with Crippen molar-refractivity contribution >= 4 is 17.0 Å². The smallest absolute Gasteiger partial charge is 0.252 e. The van der Waals surface area contributed by atoms with Crippen LogP contribution in [0.3, 0.4) is 0 Å². The molecule has 70 valence electrons. The van der Waals surface area contributed by atoms with Gasteiger partial charge in [0.25, 0.3) is 5.91 Å². The van der Waals surface area contributed by atoms with E-state index in [1.165, 1.54) is 0 Å². The lowest BCUT2D eigenvalue weighted by Crippen LogP contribution is -2.26. The van der Waals surface area contributed by atoms with Crippen molar-refractivity contribution in [1.29, 1.82) is 0 Å². The van der Waals surface area contributed by atoms with Crippen LogP contribution in [0.2, 0.25) is 0 Å². The van der Waals surface area contributed by atoms with Gasteiger partial charge in [0.15, 0.2) is 11.1 Å². The zero-order valence-corrected chi connectivity index (χ0v) is 7.58. The second kappa shape index (κ2) is 4.74. The van der Waals surface area contributed by atoms with Crippen molar-refractivity contribution in [3.05, 3.63) is 35.9 Å². The Morgan fingerprint density at radius 2 is 2.00 bits per heavy atom. The van der Waals surface area contributed by atoms with E-state index in [9.17, 15) is 9.00 Å². The van der Waals surface area contributed by atoms with Crippen LogP contribution in [0.5, 0.6) is 0 Å². The van der Waals surface area contributed by atoms with E-state index in [1.54, 1.807) is 30.3 Å². The first-order valence-electron chi connectivity index (χ1n) is 3.61. The molecule has 0 aliphatic rings. The summed E-state index contributed by atoms with van der Waals surface area (Å²) in [5.74, 6) is -0.587. The molecular formula is C8H9NO3S. The SMILES string of the molecule is O=C(NCS(=O)O)c1ccccc1. The van der Waals surface area contributed by atoms with Gasteiger partial charge in [-0.1, -0.05) is 18.2 Å². The van der Waals surface area contributed by atoms with E-state index in [-0.39, 0.29) is 11.8 Å². The zero-order chi connectivity index (χ0) is 9.68. The average Bonchev–Trinajstić information content (AvgIpc) is 2.15. The molecule has 5 heteroatoms. The monoisotopic (exact) mass is 199 g/mol. The molecule has 1 unspecified atom stereocenters. The Hall–Kier alpha value is -1.20. The Labute approximate surface area is 78.3 Å². The molecule has 0 saturated heterocycles. The summed E-state index contributed by atoms with van der Waals surface area (Å²) in [6.45, 7) is 0. The summed E-state index contributed by atoms with van der Waals surface area (Å²) < 4.78 is 18.6. The van der Waals surface area contributed by atoms with Crippen LogP contribution < -0.4 is 5.32 Å². The van der Waals surface area contributed by atoms with Crippen molar-refractivity contribution in [2.45, 2.75) is 0 Å². The highest BCUT2D eigenvalue weighted by Gasteiger charge is 2.03. The van der Waals surface area contributed by atoms with Crippen molar-refractivity contribution in [3.63, 3.8) is 0 Å². The quantitative estimate of drug-likeness (QED) is 0.700. The van der Waals surface area contributed by atoms with E-state index in [2.05, 4.69) is 5.32 Å². The largest absolute Gasteiger partial charge is 0.338 e. The van der Waals surface area contributed by atoms with Gasteiger partial charge in [-0.05, 0) is 12.1 Å². The van der Waals surface area contributed by atoms with Gasteiger partial charge >= 0.3 is 0 Å². The summed E-state index contributed by atoms with van der Waals surface area (Å²) >= 11 is -1.99. The van der Waals surface area contributed by atoms with Gasteiger partial charge < -0.3 is 9.87 Å². The van der Waals surface area contributed by atoms with Crippen LogP contribution >= 0.6 is 0 Å². The number of carbonyl (C=O) groups excluding carboxylic acids is 1. The summed E-state index contributed by atoms with van der Waals surface area (Å²) in [5.41, 5.74) is 0.480. The van der Waals surface area contributed by atoms with Crippen LogP contribution in [0.25, 0.3) is 0 Å². The van der Waals surface area contributed by atoms with E-state index >= 15 is 0 Å². The predicted molar refractivity (Wildman–Crippen MR) is 49.5 cm³/mol. The maximum atomic E-state index is 11.2. The van der Waals surface area contributed by atoms with Crippen LogP contribution in [0.4, 0.5) is 0 Å². The van der Waals surface area contributed by atoms with Crippen molar-refractivity contribution in [1.82, 2.24) is 5.32 Å². The van der Waals surface area contributed by atoms with Crippen LogP contribution in [0, 0.1) is 0 Å². The van der Waals surface area contributed by atoms with E-state index in [0.717, 1.165) is 0 Å². The summed E-state index contributed by atoms with van der Waals surface area (Å²) in [6.07, 6.45) is 0. The van der Waals surface area contributed by atoms with Gasteiger partial charge in [-0.25, -0.2) is 4.21 Å². The summed E-state index contributed by atoms with van der Waals surface area (Å²) in [7, 11) is 0. The highest BCUT2D eigenvalue weighted by molar-refractivity contribution is 7.79. The summed E-state index contributed by atoms with van der Waals surface area (Å²) in [6, 6.07) is 8.52. The van der Waals surface area contributed by atoms with Gasteiger partial charge in [0, 0.05) is 5.56 Å². The molecule has 13 heavy (non-hydrogen) atoms. The first kappa shape index (κ1) is 9.88. The van der Waals surface area contributed by atoms with E-state index in [0.29, 0.717) is 5.56 Å². The van der Waals surface area contributed by atoms with Crippen molar-refractivity contribution in [2.24, 2.45) is 0 Å². The molecule has 2 N–H and O–H groups in total. The molecule has 0 spiro atoms. The fourth-order valence-electron chi connectivity index (χ4n) is 0.819. The molecular weight excluding hydrogens is 190 g/mol. The number of carbonyl (C=O) groups is 1. The second-order valence-electron chi connectivity index (χ2n) is 2.34. The predicted octanol–water partition coefficient (Wildman–Crippen LogP) is 0.596. The van der Waals surface area contributed by atoms with Gasteiger partial charge in [0.2, 0.25) is 0 Å². The third-order valence-electron chi connectivity index (χ3n) is 1.39. The Bertz CT molecular complexity index is 312. The minimum absolute atomic E-state index is 0.242. The molecule has 1 aromatic rings. The highest BCUT2D eigenvalue weighted by Crippen LogP contribution is 1.97. The Balaban J connectivity index is 2.54. The number of hydrogen-bond donors (Lipinski definition) is 2. The molecule has 0 fully saturated rings. The number of benzene rings is 1. The molecule has 0 aliphatic carbocycles. The normalized spacial score (nSPS) is 12.1. The van der Waals surface area contributed by atoms with Gasteiger partial charge in [-0.15, -0.1) is 0 Å². The number of amides is 1. The number of hydrogen-bond acceptors (Lipinski definition) is 2. The number of nitrogens with one attached hydrogen (secondary N) is 1. The molecule has 0 saturated carbocycles. The molecule has 0 radical (unpaired) electrons. The van der Waals surface area contributed by atoms with Gasteiger partial charge in [-0.2, -0.15) is 0 Å². The standard InChI is InChI=1S/C8H9NO3S/c10-8(9-6-13(11)12)7-4-2-1-3-5-7/h1-5H,6H2,(H,9,10)(H,11,12). The van der Waals surface area contributed by atoms with E-state index in [4.69, 9.17) is 4.55 Å². The maximum Gasteiger partial charge on any atom is 0.252 e. The van der Waals surface area contributed by atoms with Crippen LogP contribution in [0.15, 0.2) is 30.3 Å². The molecule has 0 aliphatic heterocycles. The molecule has 1 rings (SSSR count). The third kappa shape index (κ3) is 3.35. The average molecular weight is 199 g/mol. The Kier molecular flexibility index (Phi) is 3.60. The topological polar surface area (TPSA) is 66.4 Å². The molecule has 0 aromatic heterocycles. The molecule has 0 heterocycles. The Morgan fingerprint density at radius 1 is 1.38 bits per heavy atom. The molecule has 1 atom stereocenters. The van der Waals surface area contributed by atoms with Gasteiger partial charge in [0.1, 0.15) is 5.88 Å². The van der Waals surface area contributed by atoms with Crippen LogP contribution in [0.1, 0.15) is 10.4 Å². The fraction of sp³-hybridized carbons (Fsp3) is 0.125. The summed E-state index contributed by atoms with van der Waals surface area (Å²) in [5, 5.41) is 2.31. The van der Waals surface area contributed by atoms with Crippen molar-refractivity contribution in [3.8, 4) is 0 Å². The first-order chi connectivity index (χ1) is 6.20. The lowest BCUT2D eigenvalue weighted by Gasteiger charge is -2.01. The minimum atomic E-state index is -1.99. The molecule has 1 aromatic carbocycles. The molecule has 4 nitrogen and oxygen atoms in total. The van der Waals surface area contributed by atoms with E-state index < -0.39 is 11.1 Å². The fourth-order valence-corrected chi connectivity index (χ4v) is 1.07. The lowest BCUT2D eigenvalue weighted by molar-refractivity contribution is 0.0959. The van der Waals surface area contributed by atoms with Gasteiger partial charge in [0.05, 0.1) is 0 Å². The van der Waals surface area contributed by atoms with Crippen molar-refractivity contribution < 1.29 is 13.6 Å². The van der Waals surface area contributed by atoms with Gasteiger partial charge in [-0.3, -0.25) is 4.79 Å².